The van der Waals surface area contributed by atoms with Gasteiger partial charge >= 0.3 is 6.18 Å². The van der Waals surface area contributed by atoms with E-state index in [1.807, 2.05) is 12.1 Å². The molecular weight excluding hydrogens is 536 g/mol. The minimum atomic E-state index is -4.79. The molecule has 1 saturated carbocycles. The van der Waals surface area contributed by atoms with E-state index in [0.29, 0.717) is 36.3 Å². The first-order chi connectivity index (χ1) is 19.6. The van der Waals surface area contributed by atoms with Crippen LogP contribution in [0.5, 0.6) is 0 Å². The second-order valence-electron chi connectivity index (χ2n) is 9.91. The number of alkyl halides is 3. The summed E-state index contributed by atoms with van der Waals surface area (Å²) in [6, 6.07) is 21.1. The smallest absolute Gasteiger partial charge is 0.326 e. The number of nitrogens with one attached hydrogen (secondary N) is 1. The van der Waals surface area contributed by atoms with Gasteiger partial charge in [-0.2, -0.15) is 23.5 Å². The number of nitriles is 1. The summed E-state index contributed by atoms with van der Waals surface area (Å²) in [4.78, 5) is 15.5. The molecule has 1 fully saturated rings. The normalized spacial score (nSPS) is 13.3. The molecule has 0 saturated heterocycles. The Kier molecular flexibility index (Phi) is 7.88. The predicted molar refractivity (Wildman–Crippen MR) is 144 cm³/mol. The van der Waals surface area contributed by atoms with Gasteiger partial charge in [0.2, 0.25) is 0 Å². The van der Waals surface area contributed by atoms with Crippen molar-refractivity contribution in [3.8, 4) is 11.8 Å². The van der Waals surface area contributed by atoms with Crippen LogP contribution in [0.15, 0.2) is 72.8 Å². The van der Waals surface area contributed by atoms with Crippen LogP contribution >= 0.6 is 0 Å². The second kappa shape index (κ2) is 11.5. The lowest BCUT2D eigenvalue weighted by molar-refractivity contribution is -0.141. The first-order valence-electron chi connectivity index (χ1n) is 12.9. The molecule has 0 bridgehead atoms. The minimum Gasteiger partial charge on any atom is -0.326 e. The van der Waals surface area contributed by atoms with E-state index in [4.69, 9.17) is 11.0 Å². The van der Waals surface area contributed by atoms with Crippen LogP contribution in [-0.2, 0) is 25.8 Å². The molecule has 1 heterocycles. The number of aromatic nitrogens is 2. The highest BCUT2D eigenvalue weighted by Gasteiger charge is 2.36. The topological polar surface area (TPSA) is 100.0 Å². The summed E-state index contributed by atoms with van der Waals surface area (Å²) in [5.41, 5.74) is 7.03. The Morgan fingerprint density at radius 2 is 1.73 bits per heavy atom. The third-order valence-electron chi connectivity index (χ3n) is 6.82. The van der Waals surface area contributed by atoms with Crippen molar-refractivity contribution in [3.05, 3.63) is 112 Å². The molecule has 4 aromatic rings. The molecule has 0 atom stereocenters. The number of benzene rings is 3. The lowest BCUT2D eigenvalue weighted by atomic mass is 10.1. The van der Waals surface area contributed by atoms with Gasteiger partial charge in [0.25, 0.3) is 5.91 Å². The van der Waals surface area contributed by atoms with Gasteiger partial charge in [0.15, 0.2) is 5.69 Å². The van der Waals surface area contributed by atoms with E-state index in [9.17, 15) is 22.4 Å². The summed E-state index contributed by atoms with van der Waals surface area (Å²) in [5, 5.41) is 15.1. The van der Waals surface area contributed by atoms with Crippen molar-refractivity contribution >= 4 is 11.6 Å². The van der Waals surface area contributed by atoms with E-state index in [2.05, 4.69) is 21.4 Å². The maximum atomic E-state index is 14.8. The fourth-order valence-corrected chi connectivity index (χ4v) is 4.55. The maximum absolute atomic E-state index is 14.8. The Bertz CT molecular complexity index is 1600. The van der Waals surface area contributed by atoms with E-state index < -0.39 is 29.3 Å². The molecule has 7 nitrogen and oxygen atoms in total. The van der Waals surface area contributed by atoms with Crippen LogP contribution in [0.1, 0.15) is 51.3 Å². The first kappa shape index (κ1) is 28.0. The molecule has 0 unspecified atom stereocenters. The van der Waals surface area contributed by atoms with Gasteiger partial charge in [-0.1, -0.05) is 30.3 Å². The van der Waals surface area contributed by atoms with Crippen LogP contribution in [-0.4, -0.2) is 26.6 Å². The molecule has 1 amide bonds. The minimum absolute atomic E-state index is 0.143. The SMILES string of the molecule is N#Cc1ccc(CN(Cc2ccc(F)c(NC(=O)c3cc(C(F)(F)F)nn3-c3cccc(CN)c3)c2)C2CC2)cc1. The molecule has 210 valence electrons. The number of rotatable bonds is 9. The van der Waals surface area contributed by atoms with Gasteiger partial charge in [0.1, 0.15) is 11.5 Å². The lowest BCUT2D eigenvalue weighted by Gasteiger charge is -2.23. The number of anilines is 1. The Labute approximate surface area is 233 Å². The van der Waals surface area contributed by atoms with Crippen LogP contribution < -0.4 is 11.1 Å². The van der Waals surface area contributed by atoms with Crippen LogP contribution in [0.4, 0.5) is 23.2 Å². The van der Waals surface area contributed by atoms with Crippen molar-refractivity contribution in [1.82, 2.24) is 14.7 Å². The summed E-state index contributed by atoms with van der Waals surface area (Å²) in [6.07, 6.45) is -2.74. The zero-order chi connectivity index (χ0) is 29.1. The lowest BCUT2D eigenvalue weighted by Crippen LogP contribution is -2.25. The molecule has 41 heavy (non-hydrogen) atoms. The van der Waals surface area contributed by atoms with E-state index in [-0.39, 0.29) is 17.9 Å². The highest BCUT2D eigenvalue weighted by Crippen LogP contribution is 2.32. The number of nitrogens with two attached hydrogens (primary N) is 1. The number of nitrogens with zero attached hydrogens (tertiary/aromatic N) is 4. The number of amides is 1. The summed E-state index contributed by atoms with van der Waals surface area (Å²) >= 11 is 0. The molecule has 3 aromatic carbocycles. The van der Waals surface area contributed by atoms with Gasteiger partial charge in [0, 0.05) is 31.7 Å². The van der Waals surface area contributed by atoms with Crippen molar-refractivity contribution in [2.24, 2.45) is 5.73 Å². The molecule has 0 spiro atoms. The van der Waals surface area contributed by atoms with Crippen molar-refractivity contribution in [3.63, 3.8) is 0 Å². The van der Waals surface area contributed by atoms with E-state index in [1.54, 1.807) is 30.3 Å². The number of halogens is 4. The number of hydrogen-bond acceptors (Lipinski definition) is 5. The fraction of sp³-hybridized carbons (Fsp3) is 0.233. The molecular formula is C30H26F4N6O. The Hall–Kier alpha value is -4.53. The molecule has 0 aliphatic heterocycles. The molecule has 3 N–H and O–H groups in total. The zero-order valence-electron chi connectivity index (χ0n) is 21.8. The Morgan fingerprint density at radius 3 is 2.39 bits per heavy atom. The van der Waals surface area contributed by atoms with Crippen molar-refractivity contribution in [2.75, 3.05) is 5.32 Å². The average molecular weight is 563 g/mol. The summed E-state index contributed by atoms with van der Waals surface area (Å²) < 4.78 is 56.3. The second-order valence-corrected chi connectivity index (χ2v) is 9.91. The monoisotopic (exact) mass is 562 g/mol. The first-order valence-corrected chi connectivity index (χ1v) is 12.9. The average Bonchev–Trinajstić information content (AvgIpc) is 3.71. The van der Waals surface area contributed by atoms with Gasteiger partial charge in [-0.3, -0.25) is 9.69 Å². The third-order valence-corrected chi connectivity index (χ3v) is 6.82. The summed E-state index contributed by atoms with van der Waals surface area (Å²) in [5.74, 6) is -1.67. The summed E-state index contributed by atoms with van der Waals surface area (Å²) in [7, 11) is 0. The standard InChI is InChI=1S/C30H26F4N6O/c31-25-11-8-22(18-39(23-9-10-23)17-20-6-4-19(15-35)5-7-20)13-26(25)37-29(41)27-14-28(30(32,33)34)38-40(27)24-3-1-2-21(12-24)16-36/h1-8,11-14,23H,9-10,16-18,36H2,(H,37,41). The molecule has 11 heteroatoms. The van der Waals surface area contributed by atoms with Crippen molar-refractivity contribution < 1.29 is 22.4 Å². The molecule has 0 radical (unpaired) electrons. The quantitative estimate of drug-likeness (QED) is 0.252. The van der Waals surface area contributed by atoms with Gasteiger partial charge in [0.05, 0.1) is 23.0 Å². The van der Waals surface area contributed by atoms with E-state index >= 15 is 0 Å². The number of carbonyl (C=O) groups excluding carboxylic acids is 1. The summed E-state index contributed by atoms with van der Waals surface area (Å²) in [6.45, 7) is 1.23. The maximum Gasteiger partial charge on any atom is 0.435 e. The number of carbonyl (C=O) groups is 1. The van der Waals surface area contributed by atoms with Crippen molar-refractivity contribution in [2.45, 2.75) is 44.7 Å². The van der Waals surface area contributed by atoms with E-state index in [1.165, 1.54) is 24.3 Å². The highest BCUT2D eigenvalue weighted by atomic mass is 19.4. The van der Waals surface area contributed by atoms with Crippen LogP contribution in [0.2, 0.25) is 0 Å². The third kappa shape index (κ3) is 6.62. The van der Waals surface area contributed by atoms with Gasteiger partial charge in [-0.05, 0) is 65.9 Å². The zero-order valence-corrected chi connectivity index (χ0v) is 21.8. The Balaban J connectivity index is 1.39. The largest absolute Gasteiger partial charge is 0.435 e. The highest BCUT2D eigenvalue weighted by molar-refractivity contribution is 6.03. The fourth-order valence-electron chi connectivity index (χ4n) is 4.55. The van der Waals surface area contributed by atoms with Crippen LogP contribution in [0.25, 0.3) is 5.69 Å². The molecule has 1 aliphatic rings. The van der Waals surface area contributed by atoms with Crippen LogP contribution in [0, 0.1) is 17.1 Å². The Morgan fingerprint density at radius 1 is 1.02 bits per heavy atom. The molecule has 5 rings (SSSR count). The van der Waals surface area contributed by atoms with Gasteiger partial charge in [-0.15, -0.1) is 0 Å². The molecule has 1 aromatic heterocycles. The van der Waals surface area contributed by atoms with Crippen LogP contribution in [0.3, 0.4) is 0 Å². The van der Waals surface area contributed by atoms with Gasteiger partial charge < -0.3 is 11.1 Å². The van der Waals surface area contributed by atoms with E-state index in [0.717, 1.165) is 28.7 Å². The molecule has 1 aliphatic carbocycles. The van der Waals surface area contributed by atoms with Crippen molar-refractivity contribution in [1.29, 1.82) is 5.26 Å². The number of hydrogen-bond donors (Lipinski definition) is 2. The predicted octanol–water partition coefficient (Wildman–Crippen LogP) is 5.78. The van der Waals surface area contributed by atoms with Gasteiger partial charge in [-0.25, -0.2) is 9.07 Å².